The number of nitrogens with zero attached hydrogens (tertiary/aromatic N) is 3. The number of hydrogen-bond acceptors (Lipinski definition) is 3. The number of aryl methyl sites for hydroxylation is 1. The Bertz CT molecular complexity index is 545. The van der Waals surface area contributed by atoms with Crippen molar-refractivity contribution < 1.29 is 14.7 Å². The van der Waals surface area contributed by atoms with E-state index in [0.29, 0.717) is 11.3 Å². The highest BCUT2D eigenvalue weighted by Gasteiger charge is 2.26. The van der Waals surface area contributed by atoms with Crippen molar-refractivity contribution >= 4 is 11.9 Å². The minimum atomic E-state index is -0.879. The molecule has 6 nitrogen and oxygen atoms in total. The summed E-state index contributed by atoms with van der Waals surface area (Å²) < 4.78 is 1.67. The molecular weight excluding hydrogens is 270 g/mol. The highest BCUT2D eigenvalue weighted by atomic mass is 16.4. The average Bonchev–Trinajstić information content (AvgIpc) is 2.74. The lowest BCUT2D eigenvalue weighted by molar-refractivity contribution is -0.136. The number of piperidine rings is 1. The number of carbonyl (C=O) groups is 2. The summed E-state index contributed by atoms with van der Waals surface area (Å²) in [4.78, 5) is 25.4. The molecule has 0 saturated carbocycles. The molecule has 1 aliphatic heterocycles. The van der Waals surface area contributed by atoms with Crippen molar-refractivity contribution in [3.8, 4) is 0 Å². The van der Waals surface area contributed by atoms with E-state index in [-0.39, 0.29) is 18.4 Å². The van der Waals surface area contributed by atoms with E-state index in [9.17, 15) is 9.59 Å². The Hall–Kier alpha value is -1.85. The SMILES string of the molecule is Cc1nn(C(C)C(=O)N2CCCCC2)c(C)c1CC(=O)O. The van der Waals surface area contributed by atoms with Gasteiger partial charge in [0.05, 0.1) is 12.1 Å². The van der Waals surface area contributed by atoms with E-state index in [4.69, 9.17) is 5.11 Å². The van der Waals surface area contributed by atoms with Gasteiger partial charge in [-0.15, -0.1) is 0 Å². The molecule has 21 heavy (non-hydrogen) atoms. The average molecular weight is 293 g/mol. The highest BCUT2D eigenvalue weighted by molar-refractivity contribution is 5.80. The van der Waals surface area contributed by atoms with E-state index in [2.05, 4.69) is 5.10 Å². The van der Waals surface area contributed by atoms with Crippen molar-refractivity contribution in [2.24, 2.45) is 0 Å². The van der Waals surface area contributed by atoms with Gasteiger partial charge in [0.1, 0.15) is 6.04 Å². The maximum absolute atomic E-state index is 12.5. The van der Waals surface area contributed by atoms with Crippen molar-refractivity contribution in [1.82, 2.24) is 14.7 Å². The van der Waals surface area contributed by atoms with Gasteiger partial charge < -0.3 is 10.0 Å². The standard InChI is InChI=1S/C15H23N3O3/c1-10-13(9-14(19)20)11(2)18(16-10)12(3)15(21)17-7-5-4-6-8-17/h12H,4-9H2,1-3H3,(H,19,20). The quantitative estimate of drug-likeness (QED) is 0.916. The Morgan fingerprint density at radius 1 is 1.24 bits per heavy atom. The molecule has 1 atom stereocenters. The number of amides is 1. The maximum atomic E-state index is 12.5. The minimum Gasteiger partial charge on any atom is -0.481 e. The van der Waals surface area contributed by atoms with Gasteiger partial charge in [0.15, 0.2) is 0 Å². The van der Waals surface area contributed by atoms with Crippen LogP contribution in [-0.2, 0) is 16.0 Å². The maximum Gasteiger partial charge on any atom is 0.307 e. The van der Waals surface area contributed by atoms with Crippen LogP contribution in [0.4, 0.5) is 0 Å². The molecule has 0 radical (unpaired) electrons. The second-order valence-corrected chi connectivity index (χ2v) is 5.73. The predicted molar refractivity (Wildman–Crippen MR) is 78.2 cm³/mol. The van der Waals surface area contributed by atoms with E-state index in [1.54, 1.807) is 11.6 Å². The molecule has 1 N–H and O–H groups in total. The molecule has 0 bridgehead atoms. The minimum absolute atomic E-state index is 0.0533. The molecule has 116 valence electrons. The lowest BCUT2D eigenvalue weighted by atomic mass is 10.1. The van der Waals surface area contributed by atoms with Crippen LogP contribution in [0.3, 0.4) is 0 Å². The van der Waals surface area contributed by atoms with Crippen LogP contribution in [0, 0.1) is 13.8 Å². The van der Waals surface area contributed by atoms with Crippen molar-refractivity contribution in [1.29, 1.82) is 0 Å². The van der Waals surface area contributed by atoms with Gasteiger partial charge in [0.25, 0.3) is 0 Å². The highest BCUT2D eigenvalue weighted by Crippen LogP contribution is 2.21. The number of rotatable bonds is 4. The Labute approximate surface area is 124 Å². The van der Waals surface area contributed by atoms with Gasteiger partial charge in [0.2, 0.25) is 5.91 Å². The molecule has 2 heterocycles. The predicted octanol–water partition coefficient (Wildman–Crippen LogP) is 1.70. The van der Waals surface area contributed by atoms with Crippen molar-refractivity contribution in [3.63, 3.8) is 0 Å². The Morgan fingerprint density at radius 3 is 2.43 bits per heavy atom. The Kier molecular flexibility index (Phi) is 4.65. The second-order valence-electron chi connectivity index (χ2n) is 5.73. The fourth-order valence-electron chi connectivity index (χ4n) is 2.96. The number of carbonyl (C=O) groups excluding carboxylic acids is 1. The zero-order chi connectivity index (χ0) is 15.6. The first kappa shape index (κ1) is 15.5. The van der Waals surface area contributed by atoms with Gasteiger partial charge >= 0.3 is 5.97 Å². The van der Waals surface area contributed by atoms with E-state index in [1.807, 2.05) is 18.7 Å². The summed E-state index contributed by atoms with van der Waals surface area (Å²) in [6.45, 7) is 7.08. The molecule has 2 rings (SSSR count). The van der Waals surface area contributed by atoms with E-state index in [0.717, 1.165) is 31.6 Å². The molecule has 1 aromatic heterocycles. The monoisotopic (exact) mass is 293 g/mol. The molecule has 6 heteroatoms. The first-order valence-corrected chi connectivity index (χ1v) is 7.47. The normalized spacial score (nSPS) is 16.8. The third-order valence-electron chi connectivity index (χ3n) is 4.19. The van der Waals surface area contributed by atoms with Crippen molar-refractivity contribution in [2.45, 2.75) is 52.5 Å². The van der Waals surface area contributed by atoms with Gasteiger partial charge in [-0.1, -0.05) is 0 Å². The molecule has 1 saturated heterocycles. The topological polar surface area (TPSA) is 75.4 Å². The first-order valence-electron chi connectivity index (χ1n) is 7.47. The summed E-state index contributed by atoms with van der Waals surface area (Å²) in [7, 11) is 0. The van der Waals surface area contributed by atoms with Gasteiger partial charge in [-0.3, -0.25) is 14.3 Å². The summed E-state index contributed by atoms with van der Waals surface area (Å²) in [6.07, 6.45) is 3.24. The number of carboxylic acids is 1. The zero-order valence-corrected chi connectivity index (χ0v) is 12.9. The summed E-state index contributed by atoms with van der Waals surface area (Å²) in [5.41, 5.74) is 2.17. The molecule has 0 spiro atoms. The molecule has 0 aliphatic carbocycles. The van der Waals surface area contributed by atoms with Crippen molar-refractivity contribution in [2.75, 3.05) is 13.1 Å². The molecule has 1 aromatic rings. The lowest BCUT2D eigenvalue weighted by Crippen LogP contribution is -2.40. The van der Waals surface area contributed by atoms with Crippen LogP contribution in [0.25, 0.3) is 0 Å². The number of likely N-dealkylation sites (tertiary alicyclic amines) is 1. The van der Waals surface area contributed by atoms with E-state index in [1.165, 1.54) is 6.42 Å². The first-order chi connectivity index (χ1) is 9.91. The largest absolute Gasteiger partial charge is 0.481 e. The van der Waals surface area contributed by atoms with Crippen molar-refractivity contribution in [3.05, 3.63) is 17.0 Å². The van der Waals surface area contributed by atoms with Gasteiger partial charge in [0, 0.05) is 24.3 Å². The van der Waals surface area contributed by atoms with Crippen LogP contribution in [-0.4, -0.2) is 44.8 Å². The number of aromatic nitrogens is 2. The Morgan fingerprint density at radius 2 is 1.86 bits per heavy atom. The summed E-state index contributed by atoms with van der Waals surface area (Å²) >= 11 is 0. The van der Waals surface area contributed by atoms with Crippen LogP contribution >= 0.6 is 0 Å². The van der Waals surface area contributed by atoms with Crippen LogP contribution in [0.15, 0.2) is 0 Å². The summed E-state index contributed by atoms with van der Waals surface area (Å²) in [5.74, 6) is -0.807. The smallest absolute Gasteiger partial charge is 0.307 e. The molecule has 0 aromatic carbocycles. The number of hydrogen-bond donors (Lipinski definition) is 1. The molecule has 1 unspecified atom stereocenters. The van der Waals surface area contributed by atoms with E-state index < -0.39 is 5.97 Å². The third-order valence-corrected chi connectivity index (χ3v) is 4.19. The van der Waals surface area contributed by atoms with Crippen LogP contribution in [0.2, 0.25) is 0 Å². The van der Waals surface area contributed by atoms with Gasteiger partial charge in [-0.25, -0.2) is 0 Å². The van der Waals surface area contributed by atoms with Gasteiger partial charge in [-0.05, 0) is 40.0 Å². The van der Waals surface area contributed by atoms with E-state index >= 15 is 0 Å². The zero-order valence-electron chi connectivity index (χ0n) is 12.9. The fourth-order valence-corrected chi connectivity index (χ4v) is 2.96. The molecule has 1 aliphatic rings. The Balaban J connectivity index is 2.20. The van der Waals surface area contributed by atoms with Crippen LogP contribution in [0.1, 0.15) is 49.2 Å². The van der Waals surface area contributed by atoms with Gasteiger partial charge in [-0.2, -0.15) is 5.10 Å². The number of aliphatic carboxylic acids is 1. The molecule has 1 amide bonds. The second kappa shape index (κ2) is 6.28. The third kappa shape index (κ3) is 3.25. The lowest BCUT2D eigenvalue weighted by Gasteiger charge is -2.29. The summed E-state index contributed by atoms with van der Waals surface area (Å²) in [5, 5.41) is 13.3. The molecular formula is C15H23N3O3. The summed E-state index contributed by atoms with van der Waals surface area (Å²) in [6, 6.07) is -0.385. The number of carboxylic acid groups (broad SMARTS) is 1. The van der Waals surface area contributed by atoms with Crippen LogP contribution in [0.5, 0.6) is 0 Å². The van der Waals surface area contributed by atoms with Crippen LogP contribution < -0.4 is 0 Å². The fraction of sp³-hybridized carbons (Fsp3) is 0.667. The molecule has 1 fully saturated rings.